The topological polar surface area (TPSA) is 57.4 Å². The second-order valence-corrected chi connectivity index (χ2v) is 5.91. The summed E-state index contributed by atoms with van der Waals surface area (Å²) in [5, 5.41) is 4.14. The van der Waals surface area contributed by atoms with E-state index in [0.717, 1.165) is 17.7 Å². The summed E-state index contributed by atoms with van der Waals surface area (Å²) < 4.78 is 29.9. The highest BCUT2D eigenvalue weighted by Gasteiger charge is 2.27. The highest BCUT2D eigenvalue weighted by molar-refractivity contribution is 5.41. The number of ether oxygens (including phenoxy) is 2. The zero-order valence-corrected chi connectivity index (χ0v) is 13.7. The van der Waals surface area contributed by atoms with Crippen molar-refractivity contribution >= 4 is 0 Å². The fraction of sp³-hybridized carbons (Fsp3) is 0.263. The minimum atomic E-state index is -0.325. The normalized spacial score (nSPS) is 16.2. The first-order valence-corrected chi connectivity index (χ1v) is 8.11. The van der Waals surface area contributed by atoms with E-state index in [2.05, 4.69) is 10.1 Å². The minimum absolute atomic E-state index is 0.0388. The van der Waals surface area contributed by atoms with Crippen LogP contribution in [-0.4, -0.2) is 23.9 Å². The minimum Gasteiger partial charge on any atom is -0.496 e. The predicted molar refractivity (Wildman–Crippen MR) is 88.5 cm³/mol. The van der Waals surface area contributed by atoms with Crippen molar-refractivity contribution in [2.24, 2.45) is 0 Å². The highest BCUT2D eigenvalue weighted by Crippen LogP contribution is 2.36. The van der Waals surface area contributed by atoms with Gasteiger partial charge in [-0.2, -0.15) is 4.98 Å². The van der Waals surface area contributed by atoms with Crippen molar-refractivity contribution in [3.63, 3.8) is 0 Å². The molecule has 0 spiro atoms. The monoisotopic (exact) mass is 340 g/mol. The van der Waals surface area contributed by atoms with Gasteiger partial charge in [-0.1, -0.05) is 23.4 Å². The van der Waals surface area contributed by atoms with Crippen LogP contribution in [0.1, 0.15) is 35.2 Å². The van der Waals surface area contributed by atoms with Gasteiger partial charge in [-0.3, -0.25) is 0 Å². The van der Waals surface area contributed by atoms with Crippen LogP contribution in [0.25, 0.3) is 0 Å². The first kappa shape index (κ1) is 15.6. The Hall–Kier alpha value is -2.89. The number of benzene rings is 2. The van der Waals surface area contributed by atoms with E-state index in [1.54, 1.807) is 13.2 Å². The zero-order chi connectivity index (χ0) is 17.2. The van der Waals surface area contributed by atoms with Crippen LogP contribution in [-0.2, 0) is 6.42 Å². The SMILES string of the molecule is COc1ccc(F)cc1Cc1nc(C2CCOc3ccccc32)no1. The molecular weight excluding hydrogens is 323 g/mol. The van der Waals surface area contributed by atoms with E-state index < -0.39 is 0 Å². The third kappa shape index (κ3) is 3.07. The van der Waals surface area contributed by atoms with Gasteiger partial charge in [0.25, 0.3) is 0 Å². The van der Waals surface area contributed by atoms with Gasteiger partial charge in [0.1, 0.15) is 17.3 Å². The van der Waals surface area contributed by atoms with Crippen LogP contribution in [0.3, 0.4) is 0 Å². The summed E-state index contributed by atoms with van der Waals surface area (Å²) in [6.07, 6.45) is 1.11. The molecule has 0 bridgehead atoms. The Balaban J connectivity index is 1.61. The summed E-state index contributed by atoms with van der Waals surface area (Å²) in [7, 11) is 1.55. The van der Waals surface area contributed by atoms with Gasteiger partial charge in [0.15, 0.2) is 5.82 Å². The summed E-state index contributed by atoms with van der Waals surface area (Å²) >= 11 is 0. The van der Waals surface area contributed by atoms with Gasteiger partial charge in [0.05, 0.1) is 26.1 Å². The number of aromatic nitrogens is 2. The Bertz CT molecular complexity index is 894. The first-order chi connectivity index (χ1) is 12.2. The fourth-order valence-corrected chi connectivity index (χ4v) is 3.14. The van der Waals surface area contributed by atoms with Crippen LogP contribution in [0.4, 0.5) is 4.39 Å². The molecule has 4 rings (SSSR count). The van der Waals surface area contributed by atoms with Gasteiger partial charge >= 0.3 is 0 Å². The van der Waals surface area contributed by atoms with Gasteiger partial charge in [0, 0.05) is 11.1 Å². The number of methoxy groups -OCH3 is 1. The molecule has 128 valence electrons. The number of para-hydroxylation sites is 1. The second-order valence-electron chi connectivity index (χ2n) is 5.91. The molecule has 0 radical (unpaired) electrons. The molecular formula is C19H17FN2O3. The maximum absolute atomic E-state index is 13.5. The summed E-state index contributed by atoms with van der Waals surface area (Å²) in [5.74, 6) is 2.23. The fourth-order valence-electron chi connectivity index (χ4n) is 3.14. The second kappa shape index (κ2) is 6.55. The molecule has 0 N–H and O–H groups in total. The molecule has 1 unspecified atom stereocenters. The lowest BCUT2D eigenvalue weighted by Crippen LogP contribution is -2.16. The molecule has 0 amide bonds. The van der Waals surface area contributed by atoms with E-state index in [1.807, 2.05) is 24.3 Å². The van der Waals surface area contributed by atoms with Gasteiger partial charge in [0.2, 0.25) is 5.89 Å². The quantitative estimate of drug-likeness (QED) is 0.724. The van der Waals surface area contributed by atoms with Crippen molar-refractivity contribution < 1.29 is 18.4 Å². The molecule has 2 aromatic carbocycles. The molecule has 1 aliphatic rings. The van der Waals surface area contributed by atoms with Crippen LogP contribution < -0.4 is 9.47 Å². The van der Waals surface area contributed by atoms with Crippen molar-refractivity contribution in [3.05, 3.63) is 71.1 Å². The molecule has 0 aliphatic carbocycles. The molecule has 1 atom stereocenters. The van der Waals surface area contributed by atoms with Crippen LogP contribution in [0.5, 0.6) is 11.5 Å². The average Bonchev–Trinajstić information content (AvgIpc) is 3.10. The maximum atomic E-state index is 13.5. The summed E-state index contributed by atoms with van der Waals surface area (Å²) in [5.41, 5.74) is 1.73. The lowest BCUT2D eigenvalue weighted by atomic mass is 9.92. The molecule has 0 saturated carbocycles. The van der Waals surface area contributed by atoms with E-state index in [1.165, 1.54) is 12.1 Å². The summed E-state index contributed by atoms with van der Waals surface area (Å²) in [6.45, 7) is 0.614. The lowest BCUT2D eigenvalue weighted by molar-refractivity contribution is 0.272. The van der Waals surface area contributed by atoms with E-state index in [0.29, 0.717) is 36.1 Å². The van der Waals surface area contributed by atoms with Crippen LogP contribution >= 0.6 is 0 Å². The smallest absolute Gasteiger partial charge is 0.231 e. The van der Waals surface area contributed by atoms with E-state index in [-0.39, 0.29) is 11.7 Å². The van der Waals surface area contributed by atoms with E-state index in [4.69, 9.17) is 14.0 Å². The summed E-state index contributed by atoms with van der Waals surface area (Å²) in [4.78, 5) is 4.52. The standard InChI is InChI=1S/C19H17FN2O3/c1-23-16-7-6-13(20)10-12(16)11-18-21-19(22-25-18)15-8-9-24-17-5-3-2-4-14(15)17/h2-7,10,15H,8-9,11H2,1H3. The lowest BCUT2D eigenvalue weighted by Gasteiger charge is -2.23. The highest BCUT2D eigenvalue weighted by atomic mass is 19.1. The Morgan fingerprint density at radius 3 is 3.00 bits per heavy atom. The number of fused-ring (bicyclic) bond motifs is 1. The number of halogens is 1. The molecule has 0 saturated heterocycles. The van der Waals surface area contributed by atoms with Gasteiger partial charge in [-0.05, 0) is 30.7 Å². The zero-order valence-electron chi connectivity index (χ0n) is 13.7. The Morgan fingerprint density at radius 2 is 2.12 bits per heavy atom. The number of nitrogens with zero attached hydrogens (tertiary/aromatic N) is 2. The third-order valence-corrected chi connectivity index (χ3v) is 4.34. The molecule has 1 aromatic heterocycles. The van der Waals surface area contributed by atoms with Crippen LogP contribution in [0.2, 0.25) is 0 Å². The van der Waals surface area contributed by atoms with Crippen molar-refractivity contribution in [1.82, 2.24) is 10.1 Å². The maximum Gasteiger partial charge on any atom is 0.231 e. The molecule has 6 heteroatoms. The number of hydrogen-bond donors (Lipinski definition) is 0. The molecule has 2 heterocycles. The number of rotatable bonds is 4. The van der Waals surface area contributed by atoms with Gasteiger partial charge in [-0.25, -0.2) is 4.39 Å². The Morgan fingerprint density at radius 1 is 1.24 bits per heavy atom. The average molecular weight is 340 g/mol. The van der Waals surface area contributed by atoms with Crippen molar-refractivity contribution in [3.8, 4) is 11.5 Å². The van der Waals surface area contributed by atoms with Crippen molar-refractivity contribution in [1.29, 1.82) is 0 Å². The molecule has 5 nitrogen and oxygen atoms in total. The third-order valence-electron chi connectivity index (χ3n) is 4.34. The Labute approximate surface area is 144 Å². The molecule has 3 aromatic rings. The van der Waals surface area contributed by atoms with Gasteiger partial charge < -0.3 is 14.0 Å². The molecule has 25 heavy (non-hydrogen) atoms. The first-order valence-electron chi connectivity index (χ1n) is 8.11. The van der Waals surface area contributed by atoms with Gasteiger partial charge in [-0.15, -0.1) is 0 Å². The number of hydrogen-bond acceptors (Lipinski definition) is 5. The molecule has 0 fully saturated rings. The van der Waals surface area contributed by atoms with Crippen molar-refractivity contribution in [2.45, 2.75) is 18.8 Å². The Kier molecular flexibility index (Phi) is 4.09. The van der Waals surface area contributed by atoms with Crippen LogP contribution in [0.15, 0.2) is 47.0 Å². The van der Waals surface area contributed by atoms with Crippen molar-refractivity contribution in [2.75, 3.05) is 13.7 Å². The predicted octanol–water partition coefficient (Wildman–Crippen LogP) is 3.72. The van der Waals surface area contributed by atoms with E-state index in [9.17, 15) is 4.39 Å². The largest absolute Gasteiger partial charge is 0.496 e. The summed E-state index contributed by atoms with van der Waals surface area (Å²) in [6, 6.07) is 12.3. The van der Waals surface area contributed by atoms with E-state index >= 15 is 0 Å². The van der Waals surface area contributed by atoms with Crippen LogP contribution in [0, 0.1) is 5.82 Å². The molecule has 1 aliphatic heterocycles.